The molecule has 0 fully saturated rings. The van der Waals surface area contributed by atoms with Crippen molar-refractivity contribution in [3.63, 3.8) is 0 Å². The number of oxazole rings is 1. The molecule has 5 nitrogen and oxygen atoms in total. The number of rotatable bonds is 7. The van der Waals surface area contributed by atoms with Crippen molar-refractivity contribution in [2.24, 2.45) is 0 Å². The Labute approximate surface area is 138 Å². The molecule has 120 valence electrons. The van der Waals surface area contributed by atoms with Gasteiger partial charge in [-0.15, -0.1) is 11.3 Å². The Bertz CT molecular complexity index is 732. The molecule has 3 rings (SSSR count). The number of hydrogen-bond acceptors (Lipinski definition) is 5. The molecule has 0 unspecified atom stereocenters. The minimum absolute atomic E-state index is 0.0528. The first kappa shape index (κ1) is 15.6. The van der Waals surface area contributed by atoms with Gasteiger partial charge < -0.3 is 14.2 Å². The highest BCUT2D eigenvalue weighted by Crippen LogP contribution is 2.23. The van der Waals surface area contributed by atoms with Gasteiger partial charge in [-0.2, -0.15) is 0 Å². The van der Waals surface area contributed by atoms with Gasteiger partial charge in [0.15, 0.2) is 0 Å². The third-order valence-corrected chi connectivity index (χ3v) is 4.29. The van der Waals surface area contributed by atoms with Crippen LogP contribution < -0.4 is 5.32 Å². The van der Waals surface area contributed by atoms with E-state index in [1.807, 2.05) is 36.6 Å². The monoisotopic (exact) mass is 330 g/mol. The molecule has 1 N–H and O–H groups in total. The number of carbonyl (C=O) groups is 1. The van der Waals surface area contributed by atoms with Gasteiger partial charge in [-0.25, -0.2) is 4.98 Å². The van der Waals surface area contributed by atoms with Crippen molar-refractivity contribution < 1.29 is 13.6 Å². The fourth-order valence-corrected chi connectivity index (χ4v) is 2.93. The summed E-state index contributed by atoms with van der Waals surface area (Å²) in [7, 11) is 0. The molecular weight excluding hydrogens is 312 g/mol. The third-order valence-electron chi connectivity index (χ3n) is 3.44. The summed E-state index contributed by atoms with van der Waals surface area (Å²) in [6, 6.07) is 7.77. The summed E-state index contributed by atoms with van der Waals surface area (Å²) in [6.45, 7) is 1.99. The van der Waals surface area contributed by atoms with Gasteiger partial charge in [-0.05, 0) is 36.9 Å². The molecule has 0 saturated heterocycles. The number of furan rings is 1. The summed E-state index contributed by atoms with van der Waals surface area (Å²) in [6.07, 6.45) is 5.07. The molecule has 1 atom stereocenters. The van der Waals surface area contributed by atoms with Gasteiger partial charge in [0, 0.05) is 12.5 Å². The quantitative estimate of drug-likeness (QED) is 0.717. The Morgan fingerprint density at radius 2 is 2.26 bits per heavy atom. The fourth-order valence-electron chi connectivity index (χ4n) is 2.28. The first-order valence-electron chi connectivity index (χ1n) is 7.51. The molecule has 0 radical (unpaired) electrons. The Kier molecular flexibility index (Phi) is 4.92. The average Bonchev–Trinajstić information content (AvgIpc) is 3.26. The second kappa shape index (κ2) is 7.28. The van der Waals surface area contributed by atoms with Crippen LogP contribution in [0.2, 0.25) is 0 Å². The molecule has 3 heterocycles. The molecule has 0 bridgehead atoms. The van der Waals surface area contributed by atoms with E-state index in [-0.39, 0.29) is 18.4 Å². The standard InChI is InChI=1S/C17H18N2O3S/c1-12(6-7-14-4-2-8-21-14)18-16(20)10-13-11-22-17(19-13)15-5-3-9-23-15/h2-5,8-9,11-12H,6-7,10H2,1H3,(H,18,20)/t12-/m1/s1. The largest absolute Gasteiger partial charge is 0.469 e. The summed E-state index contributed by atoms with van der Waals surface area (Å²) in [5, 5.41) is 4.94. The lowest BCUT2D eigenvalue weighted by molar-refractivity contribution is -0.121. The smallest absolute Gasteiger partial charge is 0.236 e. The predicted molar refractivity (Wildman–Crippen MR) is 88.2 cm³/mol. The first-order chi connectivity index (χ1) is 11.2. The summed E-state index contributed by atoms with van der Waals surface area (Å²) < 4.78 is 10.7. The summed E-state index contributed by atoms with van der Waals surface area (Å²) in [5.41, 5.74) is 0.643. The van der Waals surface area contributed by atoms with Crippen LogP contribution >= 0.6 is 11.3 Å². The number of amides is 1. The number of carbonyl (C=O) groups excluding carboxylic acids is 1. The van der Waals surface area contributed by atoms with Crippen LogP contribution in [0, 0.1) is 0 Å². The maximum atomic E-state index is 12.1. The topological polar surface area (TPSA) is 68.3 Å². The van der Waals surface area contributed by atoms with E-state index >= 15 is 0 Å². The summed E-state index contributed by atoms with van der Waals surface area (Å²) >= 11 is 1.56. The van der Waals surface area contributed by atoms with Gasteiger partial charge in [0.1, 0.15) is 12.0 Å². The van der Waals surface area contributed by atoms with Gasteiger partial charge >= 0.3 is 0 Å². The lowest BCUT2D eigenvalue weighted by Gasteiger charge is -2.12. The van der Waals surface area contributed by atoms with Crippen molar-refractivity contribution in [2.75, 3.05) is 0 Å². The van der Waals surface area contributed by atoms with Gasteiger partial charge in [-0.1, -0.05) is 6.07 Å². The molecule has 0 spiro atoms. The lowest BCUT2D eigenvalue weighted by Crippen LogP contribution is -2.34. The van der Waals surface area contributed by atoms with Crippen LogP contribution in [0.4, 0.5) is 0 Å². The third kappa shape index (κ3) is 4.32. The Morgan fingerprint density at radius 1 is 1.35 bits per heavy atom. The van der Waals surface area contributed by atoms with Crippen molar-refractivity contribution in [3.8, 4) is 10.8 Å². The van der Waals surface area contributed by atoms with Crippen molar-refractivity contribution in [1.82, 2.24) is 10.3 Å². The van der Waals surface area contributed by atoms with E-state index in [0.29, 0.717) is 11.6 Å². The number of aromatic nitrogens is 1. The molecule has 3 aromatic heterocycles. The van der Waals surface area contributed by atoms with E-state index < -0.39 is 0 Å². The molecule has 0 aliphatic heterocycles. The van der Waals surface area contributed by atoms with E-state index in [2.05, 4.69) is 10.3 Å². The highest BCUT2D eigenvalue weighted by molar-refractivity contribution is 7.13. The van der Waals surface area contributed by atoms with Crippen molar-refractivity contribution in [3.05, 3.63) is 53.6 Å². The normalized spacial score (nSPS) is 12.2. The molecule has 3 aromatic rings. The van der Waals surface area contributed by atoms with E-state index in [0.717, 1.165) is 23.5 Å². The zero-order valence-corrected chi connectivity index (χ0v) is 13.6. The molecule has 6 heteroatoms. The second-order valence-corrected chi connectivity index (χ2v) is 6.33. The van der Waals surface area contributed by atoms with E-state index in [1.165, 1.54) is 0 Å². The van der Waals surface area contributed by atoms with Crippen LogP contribution in [0.15, 0.2) is 51.0 Å². The number of aryl methyl sites for hydroxylation is 1. The SMILES string of the molecule is C[C@H](CCc1ccco1)NC(=O)Cc1coc(-c2cccs2)n1. The number of thiophene rings is 1. The van der Waals surface area contributed by atoms with Gasteiger partial charge in [0.05, 0.1) is 23.3 Å². The fraction of sp³-hybridized carbons (Fsp3) is 0.294. The summed E-state index contributed by atoms with van der Waals surface area (Å²) in [4.78, 5) is 17.4. The number of hydrogen-bond donors (Lipinski definition) is 1. The molecule has 0 aliphatic rings. The van der Waals surface area contributed by atoms with Crippen molar-refractivity contribution in [2.45, 2.75) is 32.2 Å². The Hall–Kier alpha value is -2.34. The van der Waals surface area contributed by atoms with Crippen molar-refractivity contribution >= 4 is 17.2 Å². The average molecular weight is 330 g/mol. The van der Waals surface area contributed by atoms with E-state index in [9.17, 15) is 4.79 Å². The summed E-state index contributed by atoms with van der Waals surface area (Å²) in [5.74, 6) is 1.44. The highest BCUT2D eigenvalue weighted by atomic mass is 32.1. The first-order valence-corrected chi connectivity index (χ1v) is 8.38. The Balaban J connectivity index is 1.47. The van der Waals surface area contributed by atoms with Gasteiger partial charge in [0.2, 0.25) is 11.8 Å². The zero-order valence-electron chi connectivity index (χ0n) is 12.8. The van der Waals surface area contributed by atoms with Crippen molar-refractivity contribution in [1.29, 1.82) is 0 Å². The molecule has 1 amide bonds. The van der Waals surface area contributed by atoms with Gasteiger partial charge in [-0.3, -0.25) is 4.79 Å². The maximum Gasteiger partial charge on any atom is 0.236 e. The molecule has 0 aromatic carbocycles. The second-order valence-electron chi connectivity index (χ2n) is 5.38. The molecular formula is C17H18N2O3S. The van der Waals surface area contributed by atoms with E-state index in [1.54, 1.807) is 23.9 Å². The highest BCUT2D eigenvalue weighted by Gasteiger charge is 2.13. The minimum atomic E-state index is -0.0528. The Morgan fingerprint density at radius 3 is 3.00 bits per heavy atom. The molecule has 23 heavy (non-hydrogen) atoms. The predicted octanol–water partition coefficient (Wildman–Crippen LogP) is 3.68. The van der Waals surface area contributed by atoms with Crippen LogP contribution in [0.25, 0.3) is 10.8 Å². The van der Waals surface area contributed by atoms with E-state index in [4.69, 9.17) is 8.83 Å². The number of nitrogens with zero attached hydrogens (tertiary/aromatic N) is 1. The van der Waals surface area contributed by atoms with Crippen LogP contribution in [-0.4, -0.2) is 16.9 Å². The zero-order chi connectivity index (χ0) is 16.1. The maximum absolute atomic E-state index is 12.1. The molecule has 0 saturated carbocycles. The van der Waals surface area contributed by atoms with Crippen LogP contribution in [0.1, 0.15) is 24.8 Å². The van der Waals surface area contributed by atoms with Crippen LogP contribution in [0.3, 0.4) is 0 Å². The number of nitrogens with one attached hydrogen (secondary N) is 1. The lowest BCUT2D eigenvalue weighted by atomic mass is 10.1. The van der Waals surface area contributed by atoms with Crippen LogP contribution in [-0.2, 0) is 17.6 Å². The van der Waals surface area contributed by atoms with Crippen LogP contribution in [0.5, 0.6) is 0 Å². The van der Waals surface area contributed by atoms with Gasteiger partial charge in [0.25, 0.3) is 0 Å². The minimum Gasteiger partial charge on any atom is -0.469 e. The molecule has 0 aliphatic carbocycles.